The Balaban J connectivity index is 2.69. The Morgan fingerprint density at radius 2 is 2.00 bits per heavy atom. The molecule has 0 bridgehead atoms. The Labute approximate surface area is 162 Å². The number of ether oxygens (including phenoxy) is 5. The van der Waals surface area contributed by atoms with Gasteiger partial charge in [0.15, 0.2) is 0 Å². The molecule has 0 spiro atoms. The lowest BCUT2D eigenvalue weighted by atomic mass is 9.79. The fourth-order valence-electron chi connectivity index (χ4n) is 3.00. The minimum Gasteiger partial charge on any atom is -0.457 e. The number of hydrogen-bond acceptors (Lipinski definition) is 7. The molecule has 1 aliphatic heterocycles. The van der Waals surface area contributed by atoms with Gasteiger partial charge in [-0.25, -0.2) is 4.79 Å². The van der Waals surface area contributed by atoms with E-state index < -0.39 is 12.3 Å². The van der Waals surface area contributed by atoms with Gasteiger partial charge in [0, 0.05) is 19.1 Å². The molecular formula is C20H34O7. The summed E-state index contributed by atoms with van der Waals surface area (Å²) < 4.78 is 27.5. The van der Waals surface area contributed by atoms with Crippen LogP contribution in [0.15, 0.2) is 24.5 Å². The molecule has 0 saturated heterocycles. The average molecular weight is 386 g/mol. The Morgan fingerprint density at radius 1 is 1.30 bits per heavy atom. The maximum absolute atomic E-state index is 12.2. The second-order valence-corrected chi connectivity index (χ2v) is 6.58. The lowest BCUT2D eigenvalue weighted by Gasteiger charge is -2.38. The molecule has 0 radical (unpaired) electrons. The quantitative estimate of drug-likeness (QED) is 0.279. The first kappa shape index (κ1) is 23.6. The van der Waals surface area contributed by atoms with Crippen molar-refractivity contribution in [2.24, 2.45) is 17.8 Å². The van der Waals surface area contributed by atoms with Gasteiger partial charge in [-0.05, 0) is 31.3 Å². The van der Waals surface area contributed by atoms with Crippen molar-refractivity contribution in [1.29, 1.82) is 0 Å². The van der Waals surface area contributed by atoms with Gasteiger partial charge in [0.2, 0.25) is 12.0 Å². The summed E-state index contributed by atoms with van der Waals surface area (Å²) in [4.78, 5) is 12.2. The van der Waals surface area contributed by atoms with Crippen molar-refractivity contribution in [1.82, 2.24) is 0 Å². The Kier molecular flexibility index (Phi) is 12.0. The molecule has 27 heavy (non-hydrogen) atoms. The van der Waals surface area contributed by atoms with Crippen LogP contribution >= 0.6 is 0 Å². The van der Waals surface area contributed by atoms with Crippen LogP contribution in [0.4, 0.5) is 0 Å². The molecule has 0 aromatic heterocycles. The normalized spacial score (nSPS) is 22.3. The first-order valence-electron chi connectivity index (χ1n) is 9.59. The number of esters is 1. The number of aliphatic hydroxyl groups excluding tert-OH is 1. The van der Waals surface area contributed by atoms with E-state index in [2.05, 4.69) is 20.4 Å². The van der Waals surface area contributed by atoms with Crippen molar-refractivity contribution in [2.45, 2.75) is 33.5 Å². The topological polar surface area (TPSA) is 83.5 Å². The van der Waals surface area contributed by atoms with E-state index in [0.717, 1.165) is 6.42 Å². The van der Waals surface area contributed by atoms with Crippen molar-refractivity contribution in [3.8, 4) is 0 Å². The molecule has 3 atom stereocenters. The van der Waals surface area contributed by atoms with Crippen LogP contribution in [0.2, 0.25) is 0 Å². The van der Waals surface area contributed by atoms with E-state index in [9.17, 15) is 4.79 Å². The Hall–Kier alpha value is -1.41. The SMILES string of the molecule is C=CCOC(=O)C1=C[C@@H](C(C)C)[C@@H](CCOCCOCCO)[C@@H](OCC)O1. The van der Waals surface area contributed by atoms with Crippen LogP contribution in [0.1, 0.15) is 27.2 Å². The Morgan fingerprint density at radius 3 is 2.59 bits per heavy atom. The minimum atomic E-state index is -0.520. The number of carbonyl (C=O) groups is 1. The summed E-state index contributed by atoms with van der Waals surface area (Å²) in [6.07, 6.45) is 3.58. The molecule has 1 heterocycles. The largest absolute Gasteiger partial charge is 0.457 e. The van der Waals surface area contributed by atoms with Gasteiger partial charge in [-0.2, -0.15) is 0 Å². The third-order valence-electron chi connectivity index (χ3n) is 4.27. The van der Waals surface area contributed by atoms with Gasteiger partial charge in [-0.15, -0.1) is 0 Å². The average Bonchev–Trinajstić information content (AvgIpc) is 2.65. The van der Waals surface area contributed by atoms with Crippen molar-refractivity contribution in [3.05, 3.63) is 24.5 Å². The van der Waals surface area contributed by atoms with E-state index in [1.807, 2.05) is 13.0 Å². The highest BCUT2D eigenvalue weighted by Crippen LogP contribution is 2.36. The van der Waals surface area contributed by atoms with Crippen molar-refractivity contribution in [3.63, 3.8) is 0 Å². The molecule has 7 nitrogen and oxygen atoms in total. The first-order chi connectivity index (χ1) is 13.0. The lowest BCUT2D eigenvalue weighted by molar-refractivity contribution is -0.184. The fraction of sp³-hybridized carbons (Fsp3) is 0.750. The number of aliphatic hydroxyl groups is 1. The third-order valence-corrected chi connectivity index (χ3v) is 4.27. The second-order valence-electron chi connectivity index (χ2n) is 6.58. The van der Waals surface area contributed by atoms with Gasteiger partial charge in [0.25, 0.3) is 0 Å². The van der Waals surface area contributed by atoms with Crippen LogP contribution in [0.3, 0.4) is 0 Å². The zero-order chi connectivity index (χ0) is 20.1. The summed E-state index contributed by atoms with van der Waals surface area (Å²) in [5.74, 6) is 0.177. The van der Waals surface area contributed by atoms with Gasteiger partial charge < -0.3 is 28.8 Å². The fourth-order valence-corrected chi connectivity index (χ4v) is 3.00. The van der Waals surface area contributed by atoms with E-state index in [1.54, 1.807) is 0 Å². The van der Waals surface area contributed by atoms with Crippen LogP contribution in [-0.2, 0) is 28.5 Å². The molecule has 1 N–H and O–H groups in total. The van der Waals surface area contributed by atoms with Gasteiger partial charge in [-0.3, -0.25) is 0 Å². The van der Waals surface area contributed by atoms with E-state index >= 15 is 0 Å². The molecule has 0 aromatic rings. The van der Waals surface area contributed by atoms with Gasteiger partial charge in [0.1, 0.15) is 6.61 Å². The summed E-state index contributed by atoms with van der Waals surface area (Å²) in [6, 6.07) is 0. The van der Waals surface area contributed by atoms with Gasteiger partial charge in [0.05, 0.1) is 26.4 Å². The van der Waals surface area contributed by atoms with E-state index in [1.165, 1.54) is 6.08 Å². The molecule has 0 unspecified atom stereocenters. The number of hydrogen-bond donors (Lipinski definition) is 1. The molecule has 0 saturated carbocycles. The summed E-state index contributed by atoms with van der Waals surface area (Å²) >= 11 is 0. The number of carbonyl (C=O) groups excluding carboxylic acids is 1. The van der Waals surface area contributed by atoms with Crippen LogP contribution in [0.5, 0.6) is 0 Å². The van der Waals surface area contributed by atoms with Gasteiger partial charge >= 0.3 is 5.97 Å². The highest BCUT2D eigenvalue weighted by Gasteiger charge is 2.38. The summed E-state index contributed by atoms with van der Waals surface area (Å²) in [6.45, 7) is 12.1. The van der Waals surface area contributed by atoms with E-state index in [4.69, 9.17) is 28.8 Å². The van der Waals surface area contributed by atoms with Crippen LogP contribution < -0.4 is 0 Å². The molecule has 0 aliphatic carbocycles. The molecule has 7 heteroatoms. The second kappa shape index (κ2) is 13.7. The summed E-state index contributed by atoms with van der Waals surface area (Å²) in [5.41, 5.74) is 0. The van der Waals surface area contributed by atoms with Crippen LogP contribution in [-0.4, -0.2) is 63.6 Å². The van der Waals surface area contributed by atoms with Crippen molar-refractivity contribution >= 4 is 5.97 Å². The maximum Gasteiger partial charge on any atom is 0.373 e. The van der Waals surface area contributed by atoms with E-state index in [-0.39, 0.29) is 30.8 Å². The minimum absolute atomic E-state index is 0.00935. The molecule has 0 fully saturated rings. The molecular weight excluding hydrogens is 352 g/mol. The summed E-state index contributed by atoms with van der Waals surface area (Å²) in [7, 11) is 0. The third kappa shape index (κ3) is 8.43. The maximum atomic E-state index is 12.2. The molecule has 1 aliphatic rings. The van der Waals surface area contributed by atoms with Crippen LogP contribution in [0.25, 0.3) is 0 Å². The number of allylic oxidation sites excluding steroid dienone is 1. The standard InChI is InChI=1S/C20H34O7/c1-5-9-26-19(22)18-14-17(15(3)4)16(20(27-18)25-6-2)7-10-23-12-13-24-11-8-21/h5,14-17,20-21H,1,6-13H2,2-4H3/t16-,17+,20+/m1/s1. The van der Waals surface area contributed by atoms with E-state index in [0.29, 0.717) is 39.0 Å². The van der Waals surface area contributed by atoms with Gasteiger partial charge in [-0.1, -0.05) is 26.5 Å². The number of rotatable bonds is 14. The predicted octanol–water partition coefficient (Wildman–Crippen LogP) is 2.30. The highest BCUT2D eigenvalue weighted by atomic mass is 16.7. The molecule has 0 amide bonds. The molecule has 0 aromatic carbocycles. The van der Waals surface area contributed by atoms with Crippen LogP contribution in [0, 0.1) is 17.8 Å². The first-order valence-corrected chi connectivity index (χ1v) is 9.59. The van der Waals surface area contributed by atoms with Crippen molar-refractivity contribution < 1.29 is 33.6 Å². The molecule has 1 rings (SSSR count). The molecule has 156 valence electrons. The highest BCUT2D eigenvalue weighted by molar-refractivity contribution is 5.86. The lowest BCUT2D eigenvalue weighted by Crippen LogP contribution is -2.40. The smallest absolute Gasteiger partial charge is 0.373 e. The monoisotopic (exact) mass is 386 g/mol. The predicted molar refractivity (Wildman–Crippen MR) is 101 cm³/mol. The summed E-state index contributed by atoms with van der Waals surface area (Å²) in [5, 5.41) is 8.67. The zero-order valence-electron chi connectivity index (χ0n) is 16.7. The zero-order valence-corrected chi connectivity index (χ0v) is 16.7. The van der Waals surface area contributed by atoms with Crippen molar-refractivity contribution in [2.75, 3.05) is 46.2 Å². The Bertz CT molecular complexity index is 461.